The zero-order chi connectivity index (χ0) is 22.1. The van der Waals surface area contributed by atoms with E-state index in [-0.39, 0.29) is 18.7 Å². The third-order valence-corrected chi connectivity index (χ3v) is 5.74. The number of likely N-dealkylation sites (N-methyl/N-ethyl adjacent to an activating group) is 1. The first-order valence-electron chi connectivity index (χ1n) is 10.2. The summed E-state index contributed by atoms with van der Waals surface area (Å²) in [5, 5.41) is 3.09. The molecule has 2 aromatic carbocycles. The van der Waals surface area contributed by atoms with E-state index in [1.807, 2.05) is 32.3 Å². The van der Waals surface area contributed by atoms with E-state index in [0.717, 1.165) is 29.7 Å². The van der Waals surface area contributed by atoms with Crippen molar-refractivity contribution in [3.05, 3.63) is 40.5 Å². The summed E-state index contributed by atoms with van der Waals surface area (Å²) in [6.45, 7) is 1.04. The Kier molecular flexibility index (Phi) is 5.82. The third kappa shape index (κ3) is 3.72. The number of amides is 1. The average Bonchev–Trinajstić information content (AvgIpc) is 3.35. The Balaban J connectivity index is 1.76. The van der Waals surface area contributed by atoms with E-state index in [4.69, 9.17) is 23.7 Å². The van der Waals surface area contributed by atoms with Crippen LogP contribution in [0.15, 0.2) is 18.2 Å². The number of ether oxygens (including phenoxy) is 5. The number of fused-ring (bicyclic) bond motifs is 2. The molecule has 2 aliphatic heterocycles. The molecule has 0 saturated carbocycles. The number of carbonyl (C=O) groups excluding carboxylic acids is 1. The van der Waals surface area contributed by atoms with Crippen molar-refractivity contribution in [2.24, 2.45) is 0 Å². The lowest BCUT2D eigenvalue weighted by Crippen LogP contribution is -2.22. The minimum absolute atomic E-state index is 0.169. The fourth-order valence-corrected chi connectivity index (χ4v) is 4.25. The molecule has 2 heterocycles. The Labute approximate surface area is 182 Å². The molecule has 0 saturated heterocycles. The van der Waals surface area contributed by atoms with Crippen molar-refractivity contribution in [2.75, 3.05) is 48.8 Å². The number of methoxy groups -OCH3 is 3. The van der Waals surface area contributed by atoms with Gasteiger partial charge in [0.05, 0.1) is 32.9 Å². The van der Waals surface area contributed by atoms with Gasteiger partial charge in [0.2, 0.25) is 12.5 Å². The zero-order valence-corrected chi connectivity index (χ0v) is 18.5. The fraction of sp³-hybridized carbons (Fsp3) is 0.435. The second kappa shape index (κ2) is 8.55. The topological polar surface area (TPSA) is 78.5 Å². The summed E-state index contributed by atoms with van der Waals surface area (Å²) in [5.74, 6) is 2.77. The minimum Gasteiger partial charge on any atom is -0.493 e. The van der Waals surface area contributed by atoms with Gasteiger partial charge in [-0.15, -0.1) is 0 Å². The van der Waals surface area contributed by atoms with E-state index in [2.05, 4.69) is 10.2 Å². The van der Waals surface area contributed by atoms with Gasteiger partial charge in [0, 0.05) is 18.5 Å². The van der Waals surface area contributed by atoms with E-state index >= 15 is 0 Å². The van der Waals surface area contributed by atoms with Crippen LogP contribution in [0.25, 0.3) is 0 Å². The Morgan fingerprint density at radius 3 is 2.55 bits per heavy atom. The Bertz CT molecular complexity index is 1000. The van der Waals surface area contributed by atoms with Crippen LogP contribution in [0.2, 0.25) is 0 Å². The summed E-state index contributed by atoms with van der Waals surface area (Å²) < 4.78 is 27.9. The van der Waals surface area contributed by atoms with Crippen molar-refractivity contribution in [3.8, 4) is 28.7 Å². The van der Waals surface area contributed by atoms with E-state index in [1.54, 1.807) is 21.3 Å². The van der Waals surface area contributed by atoms with Crippen molar-refractivity contribution >= 4 is 5.91 Å². The summed E-state index contributed by atoms with van der Waals surface area (Å²) in [6, 6.07) is 5.54. The van der Waals surface area contributed by atoms with Crippen molar-refractivity contribution in [2.45, 2.75) is 18.9 Å². The Morgan fingerprint density at radius 1 is 1.10 bits per heavy atom. The number of rotatable bonds is 8. The number of hydrogen-bond acceptors (Lipinski definition) is 7. The molecule has 1 unspecified atom stereocenters. The second-order valence-corrected chi connectivity index (χ2v) is 7.83. The molecule has 8 nitrogen and oxygen atoms in total. The SMILES string of the molecule is COc1ccc2c(c1OC)C(=O)NC2Cc1c(CCN(C)C)cc2c(c1OC)OCO2. The minimum atomic E-state index is -0.227. The van der Waals surface area contributed by atoms with Crippen molar-refractivity contribution in [1.29, 1.82) is 0 Å². The van der Waals surface area contributed by atoms with Crippen LogP contribution in [-0.4, -0.2) is 59.6 Å². The van der Waals surface area contributed by atoms with Gasteiger partial charge in [-0.25, -0.2) is 0 Å². The zero-order valence-electron chi connectivity index (χ0n) is 18.5. The lowest BCUT2D eigenvalue weighted by atomic mass is 9.92. The van der Waals surface area contributed by atoms with Gasteiger partial charge in [-0.2, -0.15) is 0 Å². The molecule has 0 fully saturated rings. The van der Waals surface area contributed by atoms with Crippen molar-refractivity contribution < 1.29 is 28.5 Å². The largest absolute Gasteiger partial charge is 0.493 e. The maximum atomic E-state index is 12.8. The molecule has 1 amide bonds. The second-order valence-electron chi connectivity index (χ2n) is 7.83. The van der Waals surface area contributed by atoms with Gasteiger partial charge in [0.15, 0.2) is 23.0 Å². The van der Waals surface area contributed by atoms with Crippen LogP contribution < -0.4 is 29.0 Å². The van der Waals surface area contributed by atoms with Crippen molar-refractivity contribution in [1.82, 2.24) is 10.2 Å². The van der Waals surface area contributed by atoms with Gasteiger partial charge in [0.1, 0.15) is 0 Å². The number of nitrogens with zero attached hydrogens (tertiary/aromatic N) is 1. The smallest absolute Gasteiger partial charge is 0.256 e. The van der Waals surface area contributed by atoms with E-state index < -0.39 is 0 Å². The molecular formula is C23H28N2O6. The van der Waals surface area contributed by atoms with Crippen LogP contribution in [0.3, 0.4) is 0 Å². The van der Waals surface area contributed by atoms with Gasteiger partial charge in [-0.3, -0.25) is 4.79 Å². The van der Waals surface area contributed by atoms with Crippen LogP contribution in [0.5, 0.6) is 28.7 Å². The summed E-state index contributed by atoms with van der Waals surface area (Å²) in [6.07, 6.45) is 1.37. The van der Waals surface area contributed by atoms with Crippen LogP contribution in [0.1, 0.15) is 33.1 Å². The number of hydrogen-bond donors (Lipinski definition) is 1. The summed E-state index contributed by atoms with van der Waals surface area (Å²) in [4.78, 5) is 15.0. The standard InChI is InChI=1S/C23H28N2O6/c1-25(2)9-8-13-10-18-22(31-12-30-18)20(28-4)15(13)11-16-14-6-7-17(27-3)21(29-5)19(14)23(26)24-16/h6-7,10,16H,8-9,11-12H2,1-5H3,(H,24,26). The average molecular weight is 428 g/mol. The monoisotopic (exact) mass is 428 g/mol. The van der Waals surface area contributed by atoms with E-state index in [0.29, 0.717) is 40.7 Å². The quantitative estimate of drug-likeness (QED) is 0.692. The molecule has 0 spiro atoms. The van der Waals surface area contributed by atoms with Crippen LogP contribution >= 0.6 is 0 Å². The lowest BCUT2D eigenvalue weighted by molar-refractivity contribution is 0.0953. The molecule has 0 radical (unpaired) electrons. The molecule has 4 rings (SSSR count). The molecule has 2 aromatic rings. The normalized spacial score (nSPS) is 16.3. The highest BCUT2D eigenvalue weighted by Gasteiger charge is 2.35. The van der Waals surface area contributed by atoms with Gasteiger partial charge in [-0.1, -0.05) is 6.07 Å². The van der Waals surface area contributed by atoms with E-state index in [9.17, 15) is 4.79 Å². The molecule has 8 heteroatoms. The molecule has 0 aliphatic carbocycles. The number of carbonyl (C=O) groups is 1. The highest BCUT2D eigenvalue weighted by atomic mass is 16.7. The first kappa shape index (κ1) is 21.1. The Hall–Kier alpha value is -3.13. The summed E-state index contributed by atoms with van der Waals surface area (Å²) in [7, 11) is 8.81. The summed E-state index contributed by atoms with van der Waals surface area (Å²) >= 11 is 0. The molecule has 0 aromatic heterocycles. The summed E-state index contributed by atoms with van der Waals surface area (Å²) in [5.41, 5.74) is 3.50. The van der Waals surface area contributed by atoms with Crippen LogP contribution in [0, 0.1) is 0 Å². The molecule has 166 valence electrons. The fourth-order valence-electron chi connectivity index (χ4n) is 4.25. The van der Waals surface area contributed by atoms with Gasteiger partial charge >= 0.3 is 0 Å². The van der Waals surface area contributed by atoms with Crippen LogP contribution in [0.4, 0.5) is 0 Å². The maximum absolute atomic E-state index is 12.8. The molecule has 1 N–H and O–H groups in total. The predicted octanol–water partition coefficient (Wildman–Crippen LogP) is 2.57. The molecule has 1 atom stereocenters. The molecule has 2 aliphatic rings. The first-order valence-corrected chi connectivity index (χ1v) is 10.2. The van der Waals surface area contributed by atoms with E-state index in [1.165, 1.54) is 0 Å². The molecular weight excluding hydrogens is 400 g/mol. The number of benzene rings is 2. The maximum Gasteiger partial charge on any atom is 0.256 e. The van der Waals surface area contributed by atoms with Gasteiger partial charge in [0.25, 0.3) is 5.91 Å². The van der Waals surface area contributed by atoms with Crippen LogP contribution in [-0.2, 0) is 12.8 Å². The third-order valence-electron chi connectivity index (χ3n) is 5.74. The van der Waals surface area contributed by atoms with Gasteiger partial charge < -0.3 is 33.9 Å². The predicted molar refractivity (Wildman–Crippen MR) is 115 cm³/mol. The van der Waals surface area contributed by atoms with Gasteiger partial charge in [-0.05, 0) is 43.8 Å². The highest BCUT2D eigenvalue weighted by molar-refractivity contribution is 6.02. The molecule has 0 bridgehead atoms. The highest BCUT2D eigenvalue weighted by Crippen LogP contribution is 2.47. The molecule has 31 heavy (non-hydrogen) atoms. The lowest BCUT2D eigenvalue weighted by Gasteiger charge is -2.21. The van der Waals surface area contributed by atoms with Crippen molar-refractivity contribution in [3.63, 3.8) is 0 Å². The first-order chi connectivity index (χ1) is 15.0. The Morgan fingerprint density at radius 2 is 1.87 bits per heavy atom. The number of nitrogens with one attached hydrogen (secondary N) is 1.